The zero-order chi connectivity index (χ0) is 12.5. The molecule has 1 aromatic rings. The van der Waals surface area contributed by atoms with Gasteiger partial charge >= 0.3 is 6.03 Å². The van der Waals surface area contributed by atoms with Gasteiger partial charge in [0.15, 0.2) is 0 Å². The van der Waals surface area contributed by atoms with Gasteiger partial charge in [0.05, 0.1) is 5.75 Å². The molecule has 0 aliphatic heterocycles. The molecule has 5 heteroatoms. The van der Waals surface area contributed by atoms with Gasteiger partial charge in [-0.1, -0.05) is 24.3 Å². The van der Waals surface area contributed by atoms with Crippen molar-refractivity contribution in [3.05, 3.63) is 43.0 Å². The molecule has 0 aliphatic rings. The fraction of sp³-hybridized carbons (Fsp3) is 0.167. The van der Waals surface area contributed by atoms with E-state index in [4.69, 9.17) is 0 Å². The second kappa shape index (κ2) is 7.51. The second-order valence-corrected chi connectivity index (χ2v) is 4.20. The largest absolute Gasteiger partial charge is 0.334 e. The van der Waals surface area contributed by atoms with Crippen LogP contribution in [0, 0.1) is 0 Å². The number of rotatable bonds is 5. The summed E-state index contributed by atoms with van der Waals surface area (Å²) < 4.78 is 0. The monoisotopic (exact) mass is 250 g/mol. The molecule has 2 N–H and O–H groups in total. The minimum atomic E-state index is -0.497. The molecule has 0 atom stereocenters. The Bertz CT molecular complexity index is 393. The Labute approximate surface area is 104 Å². The van der Waals surface area contributed by atoms with Crippen molar-refractivity contribution in [1.29, 1.82) is 0 Å². The third-order valence-corrected chi connectivity index (χ3v) is 2.79. The van der Waals surface area contributed by atoms with E-state index in [2.05, 4.69) is 17.2 Å². The van der Waals surface area contributed by atoms with Crippen LogP contribution in [-0.4, -0.2) is 24.2 Å². The number of hydrogen-bond donors (Lipinski definition) is 2. The van der Waals surface area contributed by atoms with Gasteiger partial charge in [0.25, 0.3) is 0 Å². The summed E-state index contributed by atoms with van der Waals surface area (Å²) in [5, 5.41) is 4.69. The molecule has 0 unspecified atom stereocenters. The number of carbonyl (C=O) groups excluding carboxylic acids is 2. The molecule has 0 fully saturated rings. The third-order valence-electron chi connectivity index (χ3n) is 1.77. The van der Waals surface area contributed by atoms with Crippen molar-refractivity contribution in [2.45, 2.75) is 4.90 Å². The Morgan fingerprint density at radius 1 is 1.29 bits per heavy atom. The quantitative estimate of drug-likeness (QED) is 0.618. The standard InChI is InChI=1S/C12H14N2O2S/c1-2-8-13-12(16)14-11(15)9-17-10-6-4-3-5-7-10/h2-7H,1,8-9H2,(H2,13,14,15,16). The first-order valence-electron chi connectivity index (χ1n) is 5.09. The summed E-state index contributed by atoms with van der Waals surface area (Å²) in [5.41, 5.74) is 0. The van der Waals surface area contributed by atoms with Gasteiger partial charge in [0.2, 0.25) is 5.91 Å². The van der Waals surface area contributed by atoms with Gasteiger partial charge in [0.1, 0.15) is 0 Å². The fourth-order valence-electron chi connectivity index (χ4n) is 1.04. The van der Waals surface area contributed by atoms with Crippen LogP contribution in [0.3, 0.4) is 0 Å². The molecular weight excluding hydrogens is 236 g/mol. The van der Waals surface area contributed by atoms with Crippen molar-refractivity contribution in [2.24, 2.45) is 0 Å². The molecule has 17 heavy (non-hydrogen) atoms. The van der Waals surface area contributed by atoms with Crippen molar-refractivity contribution >= 4 is 23.7 Å². The highest BCUT2D eigenvalue weighted by Crippen LogP contribution is 2.15. The van der Waals surface area contributed by atoms with Crippen molar-refractivity contribution in [3.63, 3.8) is 0 Å². The Balaban J connectivity index is 2.26. The summed E-state index contributed by atoms with van der Waals surface area (Å²) in [6, 6.07) is 9.04. The van der Waals surface area contributed by atoms with Crippen LogP contribution in [0.5, 0.6) is 0 Å². The summed E-state index contributed by atoms with van der Waals surface area (Å²) in [6.45, 7) is 3.79. The molecule has 0 radical (unpaired) electrons. The molecule has 3 amide bonds. The number of urea groups is 1. The van der Waals surface area contributed by atoms with Gasteiger partial charge in [-0.2, -0.15) is 0 Å². The van der Waals surface area contributed by atoms with Gasteiger partial charge < -0.3 is 5.32 Å². The van der Waals surface area contributed by atoms with E-state index >= 15 is 0 Å². The van der Waals surface area contributed by atoms with Crippen LogP contribution in [0.4, 0.5) is 4.79 Å². The lowest BCUT2D eigenvalue weighted by molar-refractivity contribution is -0.117. The molecule has 1 rings (SSSR count). The summed E-state index contributed by atoms with van der Waals surface area (Å²) in [6.07, 6.45) is 1.54. The zero-order valence-corrected chi connectivity index (χ0v) is 10.1. The van der Waals surface area contributed by atoms with Gasteiger partial charge in [-0.25, -0.2) is 4.79 Å². The average Bonchev–Trinajstić information content (AvgIpc) is 2.35. The van der Waals surface area contributed by atoms with Crippen LogP contribution in [0.25, 0.3) is 0 Å². The van der Waals surface area contributed by atoms with Crippen LogP contribution >= 0.6 is 11.8 Å². The first-order valence-corrected chi connectivity index (χ1v) is 6.07. The molecule has 0 aliphatic carbocycles. The van der Waals surface area contributed by atoms with Gasteiger partial charge in [0, 0.05) is 11.4 Å². The zero-order valence-electron chi connectivity index (χ0n) is 9.31. The van der Waals surface area contributed by atoms with E-state index in [0.29, 0.717) is 6.54 Å². The minimum Gasteiger partial charge on any atom is -0.334 e. The maximum atomic E-state index is 11.4. The Hall–Kier alpha value is -1.75. The van der Waals surface area contributed by atoms with Crippen LogP contribution in [0.2, 0.25) is 0 Å². The molecule has 1 aromatic carbocycles. The topological polar surface area (TPSA) is 58.2 Å². The number of thioether (sulfide) groups is 1. The van der Waals surface area contributed by atoms with Crippen LogP contribution in [0.1, 0.15) is 0 Å². The van der Waals surface area contributed by atoms with Crippen molar-refractivity contribution in [3.8, 4) is 0 Å². The van der Waals surface area contributed by atoms with E-state index in [1.165, 1.54) is 11.8 Å². The first-order chi connectivity index (χ1) is 8.22. The molecule has 0 heterocycles. The Morgan fingerprint density at radius 2 is 2.00 bits per heavy atom. The van der Waals surface area contributed by atoms with E-state index in [1.807, 2.05) is 30.3 Å². The van der Waals surface area contributed by atoms with Crippen LogP contribution < -0.4 is 10.6 Å². The molecule has 0 bridgehead atoms. The third kappa shape index (κ3) is 5.77. The maximum Gasteiger partial charge on any atom is 0.321 e. The van der Waals surface area contributed by atoms with Gasteiger partial charge in [-0.3, -0.25) is 10.1 Å². The van der Waals surface area contributed by atoms with Gasteiger partial charge in [-0.05, 0) is 12.1 Å². The highest BCUT2D eigenvalue weighted by molar-refractivity contribution is 8.00. The number of hydrogen-bond acceptors (Lipinski definition) is 3. The summed E-state index contributed by atoms with van der Waals surface area (Å²) in [4.78, 5) is 23.5. The number of amides is 3. The molecule has 0 saturated heterocycles. The molecule has 0 saturated carbocycles. The molecule has 90 valence electrons. The van der Waals surface area contributed by atoms with Crippen molar-refractivity contribution in [2.75, 3.05) is 12.3 Å². The average molecular weight is 250 g/mol. The smallest absolute Gasteiger partial charge is 0.321 e. The number of imide groups is 1. The lowest BCUT2D eigenvalue weighted by Crippen LogP contribution is -2.40. The second-order valence-electron chi connectivity index (χ2n) is 3.15. The van der Waals surface area contributed by atoms with Crippen LogP contribution in [-0.2, 0) is 4.79 Å². The number of benzene rings is 1. The van der Waals surface area contributed by atoms with Gasteiger partial charge in [-0.15, -0.1) is 18.3 Å². The van der Waals surface area contributed by atoms with E-state index < -0.39 is 6.03 Å². The highest BCUT2D eigenvalue weighted by Gasteiger charge is 2.06. The highest BCUT2D eigenvalue weighted by atomic mass is 32.2. The summed E-state index contributed by atoms with van der Waals surface area (Å²) in [7, 11) is 0. The fourth-order valence-corrected chi connectivity index (χ4v) is 1.76. The Morgan fingerprint density at radius 3 is 2.65 bits per heavy atom. The molecule has 4 nitrogen and oxygen atoms in total. The summed E-state index contributed by atoms with van der Waals surface area (Å²) >= 11 is 1.38. The maximum absolute atomic E-state index is 11.4. The van der Waals surface area contributed by atoms with E-state index in [-0.39, 0.29) is 11.7 Å². The number of nitrogens with one attached hydrogen (secondary N) is 2. The number of carbonyl (C=O) groups is 2. The first kappa shape index (κ1) is 13.3. The van der Waals surface area contributed by atoms with E-state index in [0.717, 1.165) is 4.90 Å². The summed E-state index contributed by atoms with van der Waals surface area (Å²) in [5.74, 6) is -0.105. The van der Waals surface area contributed by atoms with E-state index in [1.54, 1.807) is 6.08 Å². The minimum absolute atomic E-state index is 0.214. The van der Waals surface area contributed by atoms with E-state index in [9.17, 15) is 9.59 Å². The lowest BCUT2D eigenvalue weighted by Gasteiger charge is -2.04. The molecule has 0 aromatic heterocycles. The predicted molar refractivity (Wildman–Crippen MR) is 68.9 cm³/mol. The van der Waals surface area contributed by atoms with Crippen molar-refractivity contribution < 1.29 is 9.59 Å². The SMILES string of the molecule is C=CCNC(=O)NC(=O)CSc1ccccc1. The molecule has 0 spiro atoms. The van der Waals surface area contributed by atoms with Crippen LogP contribution in [0.15, 0.2) is 47.9 Å². The van der Waals surface area contributed by atoms with Crippen molar-refractivity contribution in [1.82, 2.24) is 10.6 Å². The predicted octanol–water partition coefficient (Wildman–Crippen LogP) is 1.79. The Kier molecular flexibility index (Phi) is 5.88. The normalized spacial score (nSPS) is 9.41. The molecular formula is C12H14N2O2S. The lowest BCUT2D eigenvalue weighted by atomic mass is 10.4.